The lowest BCUT2D eigenvalue weighted by atomic mass is 10.1. The molecule has 0 atom stereocenters. The van der Waals surface area contributed by atoms with E-state index in [9.17, 15) is 4.79 Å². The molecule has 0 heterocycles. The summed E-state index contributed by atoms with van der Waals surface area (Å²) in [5, 5.41) is 8.76. The van der Waals surface area contributed by atoms with Crippen LogP contribution in [0.15, 0.2) is 47.8 Å². The number of hydrogen-bond donors (Lipinski definition) is 0. The molecule has 0 aromatic carbocycles. The van der Waals surface area contributed by atoms with Crippen LogP contribution in [-0.4, -0.2) is 19.7 Å². The van der Waals surface area contributed by atoms with Gasteiger partial charge < -0.3 is 9.47 Å². The average molecular weight is 261 g/mol. The zero-order valence-corrected chi connectivity index (χ0v) is 11.6. The van der Waals surface area contributed by atoms with Crippen LogP contribution in [0.5, 0.6) is 0 Å². The Morgan fingerprint density at radius 2 is 2.16 bits per heavy atom. The first-order chi connectivity index (χ1) is 9.19. The number of nitrogens with zero attached hydrogens (tertiary/aromatic N) is 1. The van der Waals surface area contributed by atoms with E-state index < -0.39 is 5.97 Å². The molecule has 0 spiro atoms. The Morgan fingerprint density at radius 1 is 1.42 bits per heavy atom. The molecule has 0 aliphatic heterocycles. The van der Waals surface area contributed by atoms with Crippen molar-refractivity contribution in [2.24, 2.45) is 0 Å². The highest BCUT2D eigenvalue weighted by Crippen LogP contribution is 2.14. The van der Waals surface area contributed by atoms with Gasteiger partial charge in [-0.25, -0.2) is 4.79 Å². The first-order valence-corrected chi connectivity index (χ1v) is 5.98. The number of carbonyl (C=O) groups is 1. The van der Waals surface area contributed by atoms with Crippen molar-refractivity contribution in [1.82, 2.24) is 0 Å². The molecular formula is C15H19NO3. The summed E-state index contributed by atoms with van der Waals surface area (Å²) in [6.45, 7) is 3.66. The van der Waals surface area contributed by atoms with E-state index in [4.69, 9.17) is 10.00 Å². The molecule has 0 N–H and O–H groups in total. The SMILES string of the molecule is C\C=C/C(=C\C=C\CC)C(=C/C#N)/OCC(=O)OC. The molecule has 102 valence electrons. The van der Waals surface area contributed by atoms with Crippen LogP contribution >= 0.6 is 0 Å². The van der Waals surface area contributed by atoms with Crippen molar-refractivity contribution in [1.29, 1.82) is 5.26 Å². The van der Waals surface area contributed by atoms with Gasteiger partial charge in [0.25, 0.3) is 0 Å². The van der Waals surface area contributed by atoms with Gasteiger partial charge in [0.05, 0.1) is 19.3 Å². The van der Waals surface area contributed by atoms with Gasteiger partial charge in [-0.1, -0.05) is 37.3 Å². The Bertz CT molecular complexity index is 437. The van der Waals surface area contributed by atoms with Crippen LogP contribution in [0.2, 0.25) is 0 Å². The molecule has 0 fully saturated rings. The molecule has 4 heteroatoms. The number of hydrogen-bond acceptors (Lipinski definition) is 4. The van der Waals surface area contributed by atoms with Gasteiger partial charge in [-0.2, -0.15) is 5.26 Å². The summed E-state index contributed by atoms with van der Waals surface area (Å²) in [5.74, 6) is -0.153. The normalized spacial score (nSPS) is 12.7. The fraction of sp³-hybridized carbons (Fsp3) is 0.333. The summed E-state index contributed by atoms with van der Waals surface area (Å²) in [6, 6.07) is 1.90. The minimum absolute atomic E-state index is 0.226. The van der Waals surface area contributed by atoms with E-state index in [2.05, 4.69) is 4.74 Å². The largest absolute Gasteiger partial charge is 0.481 e. The van der Waals surface area contributed by atoms with Gasteiger partial charge in [0.2, 0.25) is 0 Å². The molecule has 0 aromatic rings. The quantitative estimate of drug-likeness (QED) is 0.306. The van der Waals surface area contributed by atoms with E-state index in [0.717, 1.165) is 12.0 Å². The second-order valence-electron chi connectivity index (χ2n) is 3.46. The predicted octanol–water partition coefficient (Wildman–Crippen LogP) is 3.05. The Balaban J connectivity index is 5.04. The summed E-state index contributed by atoms with van der Waals surface area (Å²) in [6.07, 6.45) is 11.5. The highest BCUT2D eigenvalue weighted by atomic mass is 16.6. The first-order valence-electron chi connectivity index (χ1n) is 5.98. The zero-order valence-electron chi connectivity index (χ0n) is 11.6. The van der Waals surface area contributed by atoms with Crippen molar-refractivity contribution >= 4 is 5.97 Å². The fourth-order valence-corrected chi connectivity index (χ4v) is 1.17. The lowest BCUT2D eigenvalue weighted by Gasteiger charge is -2.09. The summed E-state index contributed by atoms with van der Waals surface area (Å²) in [4.78, 5) is 11.1. The number of nitriles is 1. The van der Waals surface area contributed by atoms with Gasteiger partial charge in [0.1, 0.15) is 5.76 Å². The molecule has 0 saturated carbocycles. The molecule has 0 unspecified atom stereocenters. The third kappa shape index (κ3) is 7.61. The third-order valence-electron chi connectivity index (χ3n) is 2.05. The molecule has 0 aliphatic rings. The van der Waals surface area contributed by atoms with Crippen LogP contribution in [0.25, 0.3) is 0 Å². The summed E-state index contributed by atoms with van der Waals surface area (Å²) in [7, 11) is 1.28. The molecule has 19 heavy (non-hydrogen) atoms. The summed E-state index contributed by atoms with van der Waals surface area (Å²) < 4.78 is 9.78. The summed E-state index contributed by atoms with van der Waals surface area (Å²) in [5.41, 5.74) is 0.720. The molecular weight excluding hydrogens is 242 g/mol. The van der Waals surface area contributed by atoms with Gasteiger partial charge in [0, 0.05) is 5.57 Å². The van der Waals surface area contributed by atoms with Crippen molar-refractivity contribution in [3.05, 3.63) is 47.8 Å². The molecule has 4 nitrogen and oxygen atoms in total. The van der Waals surface area contributed by atoms with E-state index in [0.29, 0.717) is 5.76 Å². The van der Waals surface area contributed by atoms with Crippen LogP contribution in [0.1, 0.15) is 20.3 Å². The Kier molecular flexibility index (Phi) is 9.55. The maximum Gasteiger partial charge on any atom is 0.343 e. The van der Waals surface area contributed by atoms with Gasteiger partial charge in [-0.05, 0) is 13.3 Å². The number of ether oxygens (including phenoxy) is 2. The third-order valence-corrected chi connectivity index (χ3v) is 2.05. The standard InChI is InChI=1S/C15H19NO3/c1-4-6-7-9-13(8-5-2)14(10-11-16)19-12-15(17)18-3/h5-10H,4,12H2,1-3H3/b7-6+,8-5-,13-9+,14-10-. The average Bonchev–Trinajstić information content (AvgIpc) is 2.42. The fourth-order valence-electron chi connectivity index (χ4n) is 1.17. The topological polar surface area (TPSA) is 59.3 Å². The van der Waals surface area contributed by atoms with E-state index in [1.807, 2.05) is 44.2 Å². The van der Waals surface area contributed by atoms with Crippen LogP contribution in [0.3, 0.4) is 0 Å². The van der Waals surface area contributed by atoms with E-state index in [1.165, 1.54) is 13.2 Å². The molecule has 0 radical (unpaired) electrons. The van der Waals surface area contributed by atoms with Gasteiger partial charge in [0.15, 0.2) is 6.61 Å². The van der Waals surface area contributed by atoms with Crippen LogP contribution in [-0.2, 0) is 14.3 Å². The lowest BCUT2D eigenvalue weighted by Crippen LogP contribution is -2.10. The number of rotatable bonds is 7. The molecule has 0 aromatic heterocycles. The maximum absolute atomic E-state index is 11.1. The number of allylic oxidation sites excluding steroid dienone is 6. The molecule has 0 saturated heterocycles. The minimum Gasteiger partial charge on any atom is -0.481 e. The molecule has 0 aliphatic carbocycles. The predicted molar refractivity (Wildman–Crippen MR) is 74.0 cm³/mol. The smallest absolute Gasteiger partial charge is 0.343 e. The Labute approximate surface area is 114 Å². The monoisotopic (exact) mass is 261 g/mol. The van der Waals surface area contributed by atoms with Gasteiger partial charge in [-0.3, -0.25) is 0 Å². The second-order valence-corrected chi connectivity index (χ2v) is 3.46. The van der Waals surface area contributed by atoms with Crippen molar-refractivity contribution in [3.63, 3.8) is 0 Å². The number of carbonyl (C=O) groups excluding carboxylic acids is 1. The van der Waals surface area contributed by atoms with Crippen LogP contribution in [0.4, 0.5) is 0 Å². The Hall–Kier alpha value is -2.28. The van der Waals surface area contributed by atoms with Crippen LogP contribution in [0, 0.1) is 11.3 Å². The van der Waals surface area contributed by atoms with E-state index in [-0.39, 0.29) is 6.61 Å². The second kappa shape index (κ2) is 10.8. The number of esters is 1. The highest BCUT2D eigenvalue weighted by Gasteiger charge is 2.07. The lowest BCUT2D eigenvalue weighted by molar-refractivity contribution is -0.144. The van der Waals surface area contributed by atoms with Gasteiger partial charge >= 0.3 is 5.97 Å². The molecule has 0 bridgehead atoms. The number of methoxy groups -OCH3 is 1. The molecule has 0 rings (SSSR count). The van der Waals surface area contributed by atoms with Crippen molar-refractivity contribution in [2.45, 2.75) is 20.3 Å². The van der Waals surface area contributed by atoms with Crippen LogP contribution < -0.4 is 0 Å². The Morgan fingerprint density at radius 3 is 2.68 bits per heavy atom. The minimum atomic E-state index is -0.493. The zero-order chi connectivity index (χ0) is 14.5. The highest BCUT2D eigenvalue weighted by molar-refractivity contribution is 5.70. The van der Waals surface area contributed by atoms with Crippen molar-refractivity contribution < 1.29 is 14.3 Å². The van der Waals surface area contributed by atoms with E-state index in [1.54, 1.807) is 6.08 Å². The van der Waals surface area contributed by atoms with E-state index >= 15 is 0 Å². The maximum atomic E-state index is 11.1. The first kappa shape index (κ1) is 16.7. The van der Waals surface area contributed by atoms with Gasteiger partial charge in [-0.15, -0.1) is 0 Å². The van der Waals surface area contributed by atoms with Crippen molar-refractivity contribution in [2.75, 3.05) is 13.7 Å². The summed E-state index contributed by atoms with van der Waals surface area (Å²) >= 11 is 0. The van der Waals surface area contributed by atoms with Crippen molar-refractivity contribution in [3.8, 4) is 6.07 Å². The molecule has 0 amide bonds.